The first-order valence-electron chi connectivity index (χ1n) is 14.7. The molecule has 7 rings (SSSR count). The highest BCUT2D eigenvalue weighted by Crippen LogP contribution is 2.40. The Morgan fingerprint density at radius 1 is 0.860 bits per heavy atom. The molecule has 3 aromatic heterocycles. The number of fused-ring (bicyclic) bond motifs is 3. The molecule has 208 valence electrons. The molecule has 1 aliphatic rings. The molecule has 0 bridgehead atoms. The second-order valence-electron chi connectivity index (χ2n) is 10.8. The van der Waals surface area contributed by atoms with Crippen LogP contribution in [-0.2, 0) is 0 Å². The van der Waals surface area contributed by atoms with Gasteiger partial charge in [-0.2, -0.15) is 0 Å². The second kappa shape index (κ2) is 11.5. The molecule has 43 heavy (non-hydrogen) atoms. The van der Waals surface area contributed by atoms with Crippen molar-refractivity contribution in [2.45, 2.75) is 26.2 Å². The summed E-state index contributed by atoms with van der Waals surface area (Å²) in [6.45, 7) is 4.07. The fraction of sp³-hybridized carbons (Fsp3) is 0.103. The molecule has 0 N–H and O–H groups in total. The van der Waals surface area contributed by atoms with Gasteiger partial charge in [-0.1, -0.05) is 103 Å². The molecular weight excluding hydrogens is 526 g/mol. The lowest BCUT2D eigenvalue weighted by atomic mass is 9.86. The van der Waals surface area contributed by atoms with E-state index >= 15 is 0 Å². The Morgan fingerprint density at radius 3 is 2.51 bits per heavy atom. The predicted molar refractivity (Wildman–Crippen MR) is 177 cm³/mol. The van der Waals surface area contributed by atoms with Crippen molar-refractivity contribution in [2.24, 2.45) is 0 Å². The maximum Gasteiger partial charge on any atom is 0.156 e. The highest BCUT2D eigenvalue weighted by Gasteiger charge is 2.21. The molecule has 4 nitrogen and oxygen atoms in total. The molecule has 0 spiro atoms. The van der Waals surface area contributed by atoms with Gasteiger partial charge in [0.15, 0.2) is 5.82 Å². The van der Waals surface area contributed by atoms with Gasteiger partial charge in [0.2, 0.25) is 0 Å². The maximum absolute atomic E-state index is 6.36. The lowest BCUT2D eigenvalue weighted by Crippen LogP contribution is -2.04. The van der Waals surface area contributed by atoms with Crippen LogP contribution in [0.25, 0.3) is 55.6 Å². The molecule has 0 radical (unpaired) electrons. The van der Waals surface area contributed by atoms with Crippen LogP contribution in [0.4, 0.5) is 0 Å². The van der Waals surface area contributed by atoms with Crippen LogP contribution in [0.5, 0.6) is 0 Å². The van der Waals surface area contributed by atoms with Crippen molar-refractivity contribution in [3.63, 3.8) is 0 Å². The van der Waals surface area contributed by atoms with Gasteiger partial charge in [0.25, 0.3) is 0 Å². The summed E-state index contributed by atoms with van der Waals surface area (Å²) in [4.78, 5) is 14.8. The monoisotopic (exact) mass is 557 g/mol. The average molecular weight is 558 g/mol. The molecule has 0 saturated carbocycles. The van der Waals surface area contributed by atoms with E-state index in [0.29, 0.717) is 0 Å². The minimum atomic E-state index is 0.179. The van der Waals surface area contributed by atoms with Gasteiger partial charge in [0, 0.05) is 34.0 Å². The summed E-state index contributed by atoms with van der Waals surface area (Å²) in [5.41, 5.74) is 9.96. The number of rotatable bonds is 6. The largest absolute Gasteiger partial charge is 0.455 e. The van der Waals surface area contributed by atoms with Gasteiger partial charge < -0.3 is 4.42 Å². The highest BCUT2D eigenvalue weighted by molar-refractivity contribution is 6.09. The zero-order valence-electron chi connectivity index (χ0n) is 24.2. The molecule has 1 unspecified atom stereocenters. The minimum absolute atomic E-state index is 0.179. The van der Waals surface area contributed by atoms with E-state index in [1.165, 1.54) is 5.56 Å². The minimum Gasteiger partial charge on any atom is -0.455 e. The first kappa shape index (κ1) is 26.5. The Hall–Kier alpha value is -5.35. The molecule has 0 aliphatic heterocycles. The van der Waals surface area contributed by atoms with E-state index in [1.807, 2.05) is 61.7 Å². The Labute approximate surface area is 251 Å². The summed E-state index contributed by atoms with van der Waals surface area (Å²) in [6, 6.07) is 31.1. The smallest absolute Gasteiger partial charge is 0.156 e. The first-order valence-corrected chi connectivity index (χ1v) is 14.7. The maximum atomic E-state index is 6.36. The van der Waals surface area contributed by atoms with Gasteiger partial charge in [-0.05, 0) is 61.2 Å². The van der Waals surface area contributed by atoms with Crippen molar-refractivity contribution in [1.29, 1.82) is 0 Å². The van der Waals surface area contributed by atoms with Gasteiger partial charge >= 0.3 is 0 Å². The molecule has 1 aliphatic carbocycles. The molecular formula is C39H31N3O. The number of benzene rings is 3. The van der Waals surface area contributed by atoms with Crippen LogP contribution >= 0.6 is 0 Å². The van der Waals surface area contributed by atoms with Crippen LogP contribution in [0.15, 0.2) is 138 Å². The van der Waals surface area contributed by atoms with E-state index in [9.17, 15) is 0 Å². The number of hydrogen-bond acceptors (Lipinski definition) is 4. The van der Waals surface area contributed by atoms with Crippen molar-refractivity contribution >= 4 is 33.1 Å². The second-order valence-corrected chi connectivity index (χ2v) is 10.8. The average Bonchev–Trinajstić information content (AvgIpc) is 3.46. The van der Waals surface area contributed by atoms with Crippen molar-refractivity contribution in [1.82, 2.24) is 15.0 Å². The summed E-state index contributed by atoms with van der Waals surface area (Å²) >= 11 is 0. The number of nitrogens with zero attached hydrogens (tertiary/aromatic N) is 3. The third kappa shape index (κ3) is 5.13. The van der Waals surface area contributed by atoms with Gasteiger partial charge in [-0.3, -0.25) is 4.98 Å². The van der Waals surface area contributed by atoms with E-state index in [2.05, 4.69) is 85.8 Å². The van der Waals surface area contributed by atoms with Crippen molar-refractivity contribution in [2.75, 3.05) is 0 Å². The number of para-hydroxylation sites is 2. The molecule has 3 aromatic carbocycles. The molecule has 0 amide bonds. The lowest BCUT2D eigenvalue weighted by molar-refractivity contribution is 0.669. The summed E-state index contributed by atoms with van der Waals surface area (Å²) in [5.74, 6) is 0.915. The highest BCUT2D eigenvalue weighted by atomic mass is 16.3. The fourth-order valence-electron chi connectivity index (χ4n) is 5.76. The van der Waals surface area contributed by atoms with Crippen LogP contribution in [0.2, 0.25) is 0 Å². The lowest BCUT2D eigenvalue weighted by Gasteiger charge is -2.20. The van der Waals surface area contributed by atoms with Crippen molar-refractivity contribution in [3.8, 4) is 22.5 Å². The Morgan fingerprint density at radius 2 is 1.67 bits per heavy atom. The predicted octanol–water partition coefficient (Wildman–Crippen LogP) is 10.2. The molecule has 0 fully saturated rings. The Bertz CT molecular complexity index is 2080. The molecule has 1 atom stereocenters. The zero-order chi connectivity index (χ0) is 29.2. The van der Waals surface area contributed by atoms with Gasteiger partial charge in [0.1, 0.15) is 11.2 Å². The van der Waals surface area contributed by atoms with Crippen LogP contribution in [0.1, 0.15) is 43.3 Å². The summed E-state index contributed by atoms with van der Waals surface area (Å²) < 4.78 is 6.36. The number of furan rings is 1. The first-order chi connectivity index (χ1) is 21.2. The normalized spacial score (nSPS) is 15.4. The van der Waals surface area contributed by atoms with Crippen LogP contribution in [0.3, 0.4) is 0 Å². The van der Waals surface area contributed by atoms with E-state index in [0.717, 1.165) is 73.5 Å². The standard InChI is InChI=1S/C39H31N3O/c1-3-4-12-26(2)39-41-34(28-13-6-5-7-14-28)25-35(42-39)29-22-20-27(21-23-29)30-18-11-24-40-37(30)33-17-10-16-32-31-15-8-9-19-36(31)43-38(32)33/h3-20,22-25,27H,21H2,1-2H3/b4-3-,26-12+. The molecule has 6 aromatic rings. The van der Waals surface area contributed by atoms with Crippen LogP contribution < -0.4 is 0 Å². The molecule has 4 heteroatoms. The van der Waals surface area contributed by atoms with Gasteiger partial charge in [-0.25, -0.2) is 9.97 Å². The topological polar surface area (TPSA) is 51.8 Å². The van der Waals surface area contributed by atoms with E-state index in [1.54, 1.807) is 0 Å². The number of pyridine rings is 1. The molecule has 3 heterocycles. The quantitative estimate of drug-likeness (QED) is 0.191. The number of allylic oxidation sites excluding steroid dienone is 8. The summed E-state index contributed by atoms with van der Waals surface area (Å²) in [5, 5.41) is 2.23. The van der Waals surface area contributed by atoms with Crippen LogP contribution in [-0.4, -0.2) is 15.0 Å². The van der Waals surface area contributed by atoms with Gasteiger partial charge in [-0.15, -0.1) is 0 Å². The number of hydrogen-bond donors (Lipinski definition) is 0. The van der Waals surface area contributed by atoms with Crippen LogP contribution in [0, 0.1) is 0 Å². The number of aromatic nitrogens is 3. The Kier molecular flexibility index (Phi) is 7.10. The Balaban J connectivity index is 1.25. The fourth-order valence-corrected chi connectivity index (χ4v) is 5.76. The van der Waals surface area contributed by atoms with Gasteiger partial charge in [0.05, 0.1) is 17.1 Å². The molecule has 0 saturated heterocycles. The van der Waals surface area contributed by atoms with Crippen molar-refractivity contribution in [3.05, 3.63) is 151 Å². The van der Waals surface area contributed by atoms with Crippen molar-refractivity contribution < 1.29 is 4.42 Å². The van der Waals surface area contributed by atoms with E-state index < -0.39 is 0 Å². The SMILES string of the molecule is C/C=C\C=C(/C)c1nc(C2=CCC(c3cccnc3-c3cccc4c3oc3ccccc34)C=C2)cc(-c2ccccc2)n1. The summed E-state index contributed by atoms with van der Waals surface area (Å²) in [7, 11) is 0. The third-order valence-electron chi connectivity index (χ3n) is 7.98. The van der Waals surface area contributed by atoms with E-state index in [-0.39, 0.29) is 5.92 Å². The summed E-state index contributed by atoms with van der Waals surface area (Å²) in [6.07, 6.45) is 15.6. The van der Waals surface area contributed by atoms with E-state index in [4.69, 9.17) is 19.4 Å². The third-order valence-corrected chi connectivity index (χ3v) is 7.98. The zero-order valence-corrected chi connectivity index (χ0v) is 24.2.